The molecule has 3 heteroatoms. The molecule has 0 heterocycles. The minimum Gasteiger partial charge on any atom is -0.490 e. The molecule has 0 bridgehead atoms. The molecule has 0 fully saturated rings. The van der Waals surface area contributed by atoms with Gasteiger partial charge in [-0.05, 0) is 50.3 Å². The van der Waals surface area contributed by atoms with Crippen LogP contribution in [0.15, 0.2) is 30.4 Å². The number of allylic oxidation sites excluding steroid dienone is 2. The van der Waals surface area contributed by atoms with Crippen molar-refractivity contribution in [2.24, 2.45) is 0 Å². The van der Waals surface area contributed by atoms with E-state index in [4.69, 9.17) is 9.47 Å². The number of ether oxygens (including phenoxy) is 2. The molecule has 0 radical (unpaired) electrons. The minimum atomic E-state index is 0.0299. The molecule has 1 N–H and O–H groups in total. The van der Waals surface area contributed by atoms with E-state index in [0.717, 1.165) is 36.5 Å². The molecule has 1 aromatic rings. The maximum atomic E-state index is 9.43. The van der Waals surface area contributed by atoms with Gasteiger partial charge in [-0.3, -0.25) is 0 Å². The van der Waals surface area contributed by atoms with E-state index in [1.807, 2.05) is 18.2 Å². The van der Waals surface area contributed by atoms with E-state index in [1.54, 1.807) is 0 Å². The summed E-state index contributed by atoms with van der Waals surface area (Å²) >= 11 is 0. The summed E-state index contributed by atoms with van der Waals surface area (Å²) < 4.78 is 12.0. The number of hydrogen-bond donors (Lipinski definition) is 1. The predicted molar refractivity (Wildman–Crippen MR) is 128 cm³/mol. The van der Waals surface area contributed by atoms with E-state index in [2.05, 4.69) is 26.0 Å². The van der Waals surface area contributed by atoms with Crippen molar-refractivity contribution < 1.29 is 14.6 Å². The van der Waals surface area contributed by atoms with Crippen molar-refractivity contribution in [3.8, 4) is 11.5 Å². The monoisotopic (exact) mass is 418 g/mol. The highest BCUT2D eigenvalue weighted by molar-refractivity contribution is 5.42. The van der Waals surface area contributed by atoms with Crippen LogP contribution >= 0.6 is 0 Å². The zero-order chi connectivity index (χ0) is 21.7. The third kappa shape index (κ3) is 13.7. The van der Waals surface area contributed by atoms with Crippen molar-refractivity contribution in [2.75, 3.05) is 13.2 Å². The van der Waals surface area contributed by atoms with Crippen LogP contribution in [0, 0.1) is 0 Å². The Kier molecular flexibility index (Phi) is 17.2. The highest BCUT2D eigenvalue weighted by atomic mass is 16.5. The molecule has 0 saturated carbocycles. The minimum absolute atomic E-state index is 0.0299. The van der Waals surface area contributed by atoms with Crippen LogP contribution in [0.4, 0.5) is 0 Å². The molecule has 0 aliphatic heterocycles. The van der Waals surface area contributed by atoms with Crippen LogP contribution in [-0.2, 0) is 6.61 Å². The Morgan fingerprint density at radius 3 is 1.90 bits per heavy atom. The van der Waals surface area contributed by atoms with Crippen molar-refractivity contribution in [1.29, 1.82) is 0 Å². The molecule has 0 spiro atoms. The zero-order valence-corrected chi connectivity index (χ0v) is 19.7. The second-order valence-corrected chi connectivity index (χ2v) is 8.24. The Labute approximate surface area is 185 Å². The van der Waals surface area contributed by atoms with Crippen molar-refractivity contribution in [3.63, 3.8) is 0 Å². The molecular weight excluding hydrogens is 372 g/mol. The fourth-order valence-electron chi connectivity index (χ4n) is 3.54. The van der Waals surface area contributed by atoms with Crippen LogP contribution < -0.4 is 9.47 Å². The summed E-state index contributed by atoms with van der Waals surface area (Å²) in [6, 6.07) is 5.77. The SMILES string of the molecule is C/C=C\CCCCCCCCOc1ccc(CO)cc1OCCCCCCCCC. The van der Waals surface area contributed by atoms with Crippen LogP contribution in [0.2, 0.25) is 0 Å². The van der Waals surface area contributed by atoms with Gasteiger partial charge in [-0.15, -0.1) is 0 Å². The van der Waals surface area contributed by atoms with Gasteiger partial charge in [0.05, 0.1) is 19.8 Å². The number of benzene rings is 1. The Bertz CT molecular complexity index is 539. The highest BCUT2D eigenvalue weighted by Gasteiger charge is 2.07. The van der Waals surface area contributed by atoms with Gasteiger partial charge in [0.2, 0.25) is 0 Å². The third-order valence-electron chi connectivity index (χ3n) is 5.45. The Morgan fingerprint density at radius 1 is 0.733 bits per heavy atom. The fourth-order valence-corrected chi connectivity index (χ4v) is 3.54. The highest BCUT2D eigenvalue weighted by Crippen LogP contribution is 2.29. The first-order valence-corrected chi connectivity index (χ1v) is 12.4. The fraction of sp³-hybridized carbons (Fsp3) is 0.704. The van der Waals surface area contributed by atoms with Crippen molar-refractivity contribution in [3.05, 3.63) is 35.9 Å². The van der Waals surface area contributed by atoms with Gasteiger partial charge in [0.25, 0.3) is 0 Å². The van der Waals surface area contributed by atoms with Gasteiger partial charge in [-0.1, -0.05) is 89.4 Å². The Hall–Kier alpha value is -1.48. The molecule has 30 heavy (non-hydrogen) atoms. The lowest BCUT2D eigenvalue weighted by Crippen LogP contribution is -2.03. The van der Waals surface area contributed by atoms with Crippen molar-refractivity contribution >= 4 is 0 Å². The molecule has 172 valence electrons. The second-order valence-electron chi connectivity index (χ2n) is 8.24. The van der Waals surface area contributed by atoms with Crippen molar-refractivity contribution in [2.45, 2.75) is 110 Å². The van der Waals surface area contributed by atoms with Crippen LogP contribution in [0.25, 0.3) is 0 Å². The summed E-state index contributed by atoms with van der Waals surface area (Å²) in [5.74, 6) is 1.58. The van der Waals surface area contributed by atoms with Crippen LogP contribution in [-0.4, -0.2) is 18.3 Å². The average Bonchev–Trinajstić information content (AvgIpc) is 2.77. The number of aliphatic hydroxyl groups excluding tert-OH is 1. The first kappa shape index (κ1) is 26.6. The number of rotatable bonds is 20. The summed E-state index contributed by atoms with van der Waals surface area (Å²) in [5, 5.41) is 9.43. The lowest BCUT2D eigenvalue weighted by atomic mass is 10.1. The lowest BCUT2D eigenvalue weighted by molar-refractivity contribution is 0.254. The molecule has 1 aromatic carbocycles. The van der Waals surface area contributed by atoms with E-state index in [0.29, 0.717) is 6.61 Å². The Morgan fingerprint density at radius 2 is 1.30 bits per heavy atom. The number of aliphatic hydroxyl groups is 1. The summed E-state index contributed by atoms with van der Waals surface area (Å²) in [5.41, 5.74) is 0.870. The summed E-state index contributed by atoms with van der Waals surface area (Å²) in [6.45, 7) is 5.81. The Balaban J connectivity index is 2.22. The molecule has 0 aromatic heterocycles. The first-order chi connectivity index (χ1) is 14.8. The molecule has 0 aliphatic rings. The van der Waals surface area contributed by atoms with E-state index < -0.39 is 0 Å². The molecule has 0 atom stereocenters. The molecule has 0 unspecified atom stereocenters. The predicted octanol–water partition coefficient (Wildman–Crippen LogP) is 7.99. The average molecular weight is 419 g/mol. The van der Waals surface area contributed by atoms with E-state index in [-0.39, 0.29) is 6.61 Å². The van der Waals surface area contributed by atoms with Crippen LogP contribution in [0.3, 0.4) is 0 Å². The van der Waals surface area contributed by atoms with Gasteiger partial charge in [0.15, 0.2) is 11.5 Å². The van der Waals surface area contributed by atoms with E-state index >= 15 is 0 Å². The van der Waals surface area contributed by atoms with Gasteiger partial charge >= 0.3 is 0 Å². The zero-order valence-electron chi connectivity index (χ0n) is 19.7. The second kappa shape index (κ2) is 19.5. The van der Waals surface area contributed by atoms with Gasteiger partial charge < -0.3 is 14.6 Å². The van der Waals surface area contributed by atoms with Gasteiger partial charge in [-0.2, -0.15) is 0 Å². The largest absolute Gasteiger partial charge is 0.490 e. The van der Waals surface area contributed by atoms with Crippen LogP contribution in [0.5, 0.6) is 11.5 Å². The van der Waals surface area contributed by atoms with E-state index in [1.165, 1.54) is 77.0 Å². The van der Waals surface area contributed by atoms with E-state index in [9.17, 15) is 5.11 Å². The summed E-state index contributed by atoms with van der Waals surface area (Å²) in [6.07, 6.45) is 22.0. The molecule has 0 saturated heterocycles. The van der Waals surface area contributed by atoms with Crippen molar-refractivity contribution in [1.82, 2.24) is 0 Å². The van der Waals surface area contributed by atoms with Gasteiger partial charge in [-0.25, -0.2) is 0 Å². The maximum absolute atomic E-state index is 9.43. The van der Waals surface area contributed by atoms with Gasteiger partial charge in [0.1, 0.15) is 0 Å². The van der Waals surface area contributed by atoms with Gasteiger partial charge in [0, 0.05) is 0 Å². The molecular formula is C27H46O3. The molecule has 3 nitrogen and oxygen atoms in total. The molecule has 0 aliphatic carbocycles. The first-order valence-electron chi connectivity index (χ1n) is 12.4. The quantitative estimate of drug-likeness (QED) is 0.172. The topological polar surface area (TPSA) is 38.7 Å². The third-order valence-corrected chi connectivity index (χ3v) is 5.45. The normalized spacial score (nSPS) is 11.3. The molecule has 1 rings (SSSR count). The lowest BCUT2D eigenvalue weighted by Gasteiger charge is -2.14. The number of hydrogen-bond acceptors (Lipinski definition) is 3. The summed E-state index contributed by atoms with van der Waals surface area (Å²) in [7, 11) is 0. The van der Waals surface area contributed by atoms with Crippen LogP contribution in [0.1, 0.15) is 109 Å². The smallest absolute Gasteiger partial charge is 0.161 e. The number of unbranched alkanes of at least 4 members (excludes halogenated alkanes) is 12. The molecule has 0 amide bonds. The summed E-state index contributed by atoms with van der Waals surface area (Å²) in [4.78, 5) is 0. The standard InChI is InChI=1S/C27H46O3/c1-3-5-7-9-11-12-14-16-17-21-29-26-20-19-25(24-28)23-27(26)30-22-18-15-13-10-8-6-4-2/h3,5,19-20,23,28H,4,6-18,21-22,24H2,1-2H3/b5-3-. The maximum Gasteiger partial charge on any atom is 0.161 e.